The fourth-order valence-electron chi connectivity index (χ4n) is 2.91. The number of halogens is 1. The van der Waals surface area contributed by atoms with Crippen LogP contribution in [0.1, 0.15) is 30.5 Å². The van der Waals surface area contributed by atoms with Crippen LogP contribution < -0.4 is 0 Å². The van der Waals surface area contributed by atoms with E-state index < -0.39 is 0 Å². The SMILES string of the molecule is Cn1c2c(c3ccc(Br)cc31)CCCCC2. The third-order valence-corrected chi connectivity index (χ3v) is 4.23. The van der Waals surface area contributed by atoms with Crippen LogP contribution in [0.25, 0.3) is 10.9 Å². The van der Waals surface area contributed by atoms with Gasteiger partial charge in [-0.2, -0.15) is 0 Å². The van der Waals surface area contributed by atoms with Gasteiger partial charge < -0.3 is 4.57 Å². The van der Waals surface area contributed by atoms with E-state index in [4.69, 9.17) is 0 Å². The highest BCUT2D eigenvalue weighted by Crippen LogP contribution is 2.32. The Morgan fingerprint density at radius 2 is 1.94 bits per heavy atom. The topological polar surface area (TPSA) is 4.93 Å². The van der Waals surface area contributed by atoms with Gasteiger partial charge in [-0.25, -0.2) is 0 Å². The van der Waals surface area contributed by atoms with E-state index in [0.717, 1.165) is 0 Å². The monoisotopic (exact) mass is 277 g/mol. The van der Waals surface area contributed by atoms with Crippen molar-refractivity contribution in [3.63, 3.8) is 0 Å². The van der Waals surface area contributed by atoms with Gasteiger partial charge in [0, 0.05) is 28.1 Å². The van der Waals surface area contributed by atoms with Gasteiger partial charge in [0.05, 0.1) is 0 Å². The number of hydrogen-bond acceptors (Lipinski definition) is 0. The second kappa shape index (κ2) is 3.92. The molecule has 2 heteroatoms. The van der Waals surface area contributed by atoms with Gasteiger partial charge in [0.1, 0.15) is 0 Å². The summed E-state index contributed by atoms with van der Waals surface area (Å²) in [6.07, 6.45) is 6.58. The highest BCUT2D eigenvalue weighted by molar-refractivity contribution is 9.10. The molecule has 0 N–H and O–H groups in total. The predicted octanol–water partition coefficient (Wildman–Crippen LogP) is 4.21. The summed E-state index contributed by atoms with van der Waals surface area (Å²) in [6.45, 7) is 0. The van der Waals surface area contributed by atoms with Crippen molar-refractivity contribution in [2.45, 2.75) is 32.1 Å². The summed E-state index contributed by atoms with van der Waals surface area (Å²) >= 11 is 3.56. The van der Waals surface area contributed by atoms with Gasteiger partial charge in [-0.05, 0) is 43.4 Å². The van der Waals surface area contributed by atoms with Gasteiger partial charge in [-0.1, -0.05) is 28.4 Å². The summed E-state index contributed by atoms with van der Waals surface area (Å²) in [4.78, 5) is 0. The first-order valence-electron chi connectivity index (χ1n) is 6.03. The molecular weight excluding hydrogens is 262 g/mol. The zero-order valence-corrected chi connectivity index (χ0v) is 11.2. The fraction of sp³-hybridized carbons (Fsp3) is 0.429. The van der Waals surface area contributed by atoms with Gasteiger partial charge in [0.15, 0.2) is 0 Å². The molecule has 1 aromatic heterocycles. The number of hydrogen-bond donors (Lipinski definition) is 0. The van der Waals surface area contributed by atoms with Crippen LogP contribution in [0.5, 0.6) is 0 Å². The molecule has 3 rings (SSSR count). The largest absolute Gasteiger partial charge is 0.347 e. The van der Waals surface area contributed by atoms with Crippen LogP contribution >= 0.6 is 15.9 Å². The van der Waals surface area contributed by atoms with Gasteiger partial charge in [-0.15, -0.1) is 0 Å². The van der Waals surface area contributed by atoms with Crippen LogP contribution in [-0.4, -0.2) is 4.57 Å². The molecule has 16 heavy (non-hydrogen) atoms. The molecule has 0 bridgehead atoms. The molecule has 0 saturated carbocycles. The lowest BCUT2D eigenvalue weighted by Gasteiger charge is -2.03. The lowest BCUT2D eigenvalue weighted by atomic mass is 10.1. The molecule has 0 unspecified atom stereocenters. The van der Waals surface area contributed by atoms with E-state index >= 15 is 0 Å². The molecular formula is C14H16BrN. The maximum atomic E-state index is 3.56. The second-order valence-electron chi connectivity index (χ2n) is 4.71. The number of fused-ring (bicyclic) bond motifs is 3. The van der Waals surface area contributed by atoms with Crippen molar-refractivity contribution in [3.05, 3.63) is 33.9 Å². The normalized spacial score (nSPS) is 16.1. The smallest absolute Gasteiger partial charge is 0.0494 e. The molecule has 0 saturated heterocycles. The van der Waals surface area contributed by atoms with Crippen molar-refractivity contribution >= 4 is 26.8 Å². The Balaban J connectivity index is 2.31. The first-order chi connectivity index (χ1) is 7.77. The molecule has 0 fully saturated rings. The molecule has 2 aromatic rings. The highest BCUT2D eigenvalue weighted by atomic mass is 79.9. The van der Waals surface area contributed by atoms with Crippen LogP contribution in [0.2, 0.25) is 0 Å². The predicted molar refractivity (Wildman–Crippen MR) is 71.9 cm³/mol. The minimum absolute atomic E-state index is 1.18. The van der Waals surface area contributed by atoms with E-state index in [2.05, 4.69) is 45.7 Å². The molecule has 1 aliphatic rings. The summed E-state index contributed by atoms with van der Waals surface area (Å²) in [5, 5.41) is 1.46. The molecule has 1 heterocycles. The Morgan fingerprint density at radius 1 is 1.12 bits per heavy atom. The minimum atomic E-state index is 1.18. The van der Waals surface area contributed by atoms with Crippen molar-refractivity contribution < 1.29 is 0 Å². The Morgan fingerprint density at radius 3 is 2.81 bits per heavy atom. The molecule has 84 valence electrons. The van der Waals surface area contributed by atoms with Crippen molar-refractivity contribution in [3.8, 4) is 0 Å². The Kier molecular flexibility index (Phi) is 2.55. The molecule has 1 aromatic carbocycles. The van der Waals surface area contributed by atoms with Gasteiger partial charge in [0.25, 0.3) is 0 Å². The summed E-state index contributed by atoms with van der Waals surface area (Å²) in [5.74, 6) is 0. The Bertz CT molecular complexity index is 539. The molecule has 0 spiro atoms. The average molecular weight is 278 g/mol. The number of rotatable bonds is 0. The third kappa shape index (κ3) is 1.51. The van der Waals surface area contributed by atoms with Crippen molar-refractivity contribution in [2.75, 3.05) is 0 Å². The number of nitrogens with zero attached hydrogens (tertiary/aromatic N) is 1. The average Bonchev–Trinajstić information content (AvgIpc) is 2.47. The first-order valence-corrected chi connectivity index (χ1v) is 6.82. The third-order valence-electron chi connectivity index (χ3n) is 3.74. The van der Waals surface area contributed by atoms with Gasteiger partial charge >= 0.3 is 0 Å². The lowest BCUT2D eigenvalue weighted by molar-refractivity contribution is 0.698. The van der Waals surface area contributed by atoms with Gasteiger partial charge in [0.2, 0.25) is 0 Å². The quantitative estimate of drug-likeness (QED) is 0.636. The van der Waals surface area contributed by atoms with E-state index in [1.54, 1.807) is 11.3 Å². The lowest BCUT2D eigenvalue weighted by Crippen LogP contribution is -1.96. The summed E-state index contributed by atoms with van der Waals surface area (Å²) in [7, 11) is 2.21. The van der Waals surface area contributed by atoms with E-state index in [9.17, 15) is 0 Å². The molecule has 0 radical (unpaired) electrons. The molecule has 0 aliphatic heterocycles. The van der Waals surface area contributed by atoms with Crippen LogP contribution in [-0.2, 0) is 19.9 Å². The number of aromatic nitrogens is 1. The maximum absolute atomic E-state index is 3.56. The standard InChI is InChI=1S/C14H16BrN/c1-16-13-6-4-2-3-5-11(13)12-8-7-10(15)9-14(12)16/h7-9H,2-6H2,1H3. The van der Waals surface area contributed by atoms with E-state index in [0.29, 0.717) is 0 Å². The molecule has 0 amide bonds. The minimum Gasteiger partial charge on any atom is -0.347 e. The molecule has 1 aliphatic carbocycles. The second-order valence-corrected chi connectivity index (χ2v) is 5.62. The molecule has 0 atom stereocenters. The van der Waals surface area contributed by atoms with Crippen LogP contribution in [0.15, 0.2) is 22.7 Å². The van der Waals surface area contributed by atoms with E-state index in [1.165, 1.54) is 47.5 Å². The van der Waals surface area contributed by atoms with E-state index in [-0.39, 0.29) is 0 Å². The maximum Gasteiger partial charge on any atom is 0.0494 e. The van der Waals surface area contributed by atoms with Crippen LogP contribution in [0.4, 0.5) is 0 Å². The van der Waals surface area contributed by atoms with E-state index in [1.807, 2.05) is 0 Å². The fourth-order valence-corrected chi connectivity index (χ4v) is 3.26. The van der Waals surface area contributed by atoms with Crippen LogP contribution in [0.3, 0.4) is 0 Å². The van der Waals surface area contributed by atoms with Crippen molar-refractivity contribution in [1.82, 2.24) is 4.57 Å². The Hall–Kier alpha value is -0.760. The highest BCUT2D eigenvalue weighted by Gasteiger charge is 2.16. The number of benzene rings is 1. The molecule has 1 nitrogen and oxygen atoms in total. The van der Waals surface area contributed by atoms with Crippen molar-refractivity contribution in [2.24, 2.45) is 7.05 Å². The first kappa shape index (κ1) is 10.4. The van der Waals surface area contributed by atoms with Gasteiger partial charge in [-0.3, -0.25) is 0 Å². The Labute approximate surface area is 105 Å². The summed E-state index contributed by atoms with van der Waals surface area (Å²) < 4.78 is 3.57. The summed E-state index contributed by atoms with van der Waals surface area (Å²) in [5.41, 5.74) is 4.54. The zero-order valence-electron chi connectivity index (χ0n) is 9.59. The number of aryl methyl sites for hydroxylation is 2. The van der Waals surface area contributed by atoms with Crippen LogP contribution in [0, 0.1) is 0 Å². The van der Waals surface area contributed by atoms with Crippen molar-refractivity contribution in [1.29, 1.82) is 0 Å². The zero-order chi connectivity index (χ0) is 11.1. The summed E-state index contributed by atoms with van der Waals surface area (Å²) in [6, 6.07) is 6.67.